The van der Waals surface area contributed by atoms with Crippen molar-refractivity contribution in [1.29, 1.82) is 0 Å². The standard InChI is InChI=1S/C25H33N3O2/c29-24(27-12-15-28-13-2-1-3-14-28)25(9-16-30-17-10-25)19-21-6-4-7-22(18-21)23-8-5-11-26-20-23/h4-8,11,18,20H,1-3,9-10,12-17,19H2,(H,27,29). The molecular weight excluding hydrogens is 374 g/mol. The summed E-state index contributed by atoms with van der Waals surface area (Å²) in [7, 11) is 0. The topological polar surface area (TPSA) is 54.5 Å². The Balaban J connectivity index is 1.43. The lowest BCUT2D eigenvalue weighted by Crippen LogP contribution is -2.48. The van der Waals surface area contributed by atoms with Gasteiger partial charge in [0.2, 0.25) is 5.91 Å². The van der Waals surface area contributed by atoms with E-state index in [2.05, 4.69) is 45.5 Å². The number of benzene rings is 1. The van der Waals surface area contributed by atoms with E-state index in [1.807, 2.05) is 12.3 Å². The van der Waals surface area contributed by atoms with Crippen molar-refractivity contribution >= 4 is 5.91 Å². The van der Waals surface area contributed by atoms with Crippen molar-refractivity contribution in [2.45, 2.75) is 38.5 Å². The molecule has 2 saturated heterocycles. The smallest absolute Gasteiger partial charge is 0.226 e. The maximum atomic E-state index is 13.3. The molecule has 0 atom stereocenters. The van der Waals surface area contributed by atoms with Crippen molar-refractivity contribution in [1.82, 2.24) is 15.2 Å². The third-order valence-corrected chi connectivity index (χ3v) is 6.56. The zero-order chi connectivity index (χ0) is 20.7. The molecule has 0 aliphatic carbocycles. The number of hydrogen-bond acceptors (Lipinski definition) is 4. The first-order valence-electron chi connectivity index (χ1n) is 11.3. The predicted molar refractivity (Wildman–Crippen MR) is 119 cm³/mol. The average Bonchev–Trinajstić information content (AvgIpc) is 2.81. The molecule has 2 fully saturated rings. The van der Waals surface area contributed by atoms with E-state index in [4.69, 9.17) is 4.74 Å². The van der Waals surface area contributed by atoms with Crippen LogP contribution in [0.4, 0.5) is 0 Å². The summed E-state index contributed by atoms with van der Waals surface area (Å²) in [5.41, 5.74) is 3.07. The van der Waals surface area contributed by atoms with Crippen LogP contribution in [0.15, 0.2) is 48.8 Å². The molecule has 0 bridgehead atoms. The van der Waals surface area contributed by atoms with Crippen LogP contribution in [0.25, 0.3) is 11.1 Å². The molecule has 1 N–H and O–H groups in total. The molecule has 3 heterocycles. The molecule has 4 rings (SSSR count). The van der Waals surface area contributed by atoms with Crippen molar-refractivity contribution < 1.29 is 9.53 Å². The number of amides is 1. The first kappa shape index (κ1) is 21.0. The van der Waals surface area contributed by atoms with Crippen LogP contribution in [-0.2, 0) is 16.0 Å². The molecule has 160 valence electrons. The third-order valence-electron chi connectivity index (χ3n) is 6.56. The average molecular weight is 408 g/mol. The molecule has 0 radical (unpaired) electrons. The van der Waals surface area contributed by atoms with Gasteiger partial charge in [0.25, 0.3) is 0 Å². The van der Waals surface area contributed by atoms with E-state index in [1.165, 1.54) is 24.8 Å². The minimum atomic E-state index is -0.381. The molecule has 1 aromatic carbocycles. The number of carbonyl (C=O) groups excluding carboxylic acids is 1. The molecule has 2 aliphatic rings. The summed E-state index contributed by atoms with van der Waals surface area (Å²) in [6.45, 7) is 5.32. The van der Waals surface area contributed by atoms with Crippen molar-refractivity contribution in [2.75, 3.05) is 39.4 Å². The minimum absolute atomic E-state index is 0.189. The van der Waals surface area contributed by atoms with Gasteiger partial charge in [-0.3, -0.25) is 9.78 Å². The van der Waals surface area contributed by atoms with Gasteiger partial charge in [0, 0.05) is 38.7 Å². The van der Waals surface area contributed by atoms with Gasteiger partial charge < -0.3 is 15.0 Å². The van der Waals surface area contributed by atoms with Crippen LogP contribution >= 0.6 is 0 Å². The number of rotatable bonds is 7. The van der Waals surface area contributed by atoms with Gasteiger partial charge in [-0.15, -0.1) is 0 Å². The summed E-state index contributed by atoms with van der Waals surface area (Å²) < 4.78 is 5.61. The molecule has 2 aliphatic heterocycles. The highest BCUT2D eigenvalue weighted by molar-refractivity contribution is 5.83. The molecule has 0 saturated carbocycles. The SMILES string of the molecule is O=C(NCCN1CCCCC1)C1(Cc2cccc(-c3cccnc3)c2)CCOCC1. The summed E-state index contributed by atoms with van der Waals surface area (Å²) >= 11 is 0. The number of nitrogens with zero attached hydrogens (tertiary/aromatic N) is 2. The maximum absolute atomic E-state index is 13.3. The molecule has 5 nitrogen and oxygen atoms in total. The first-order chi connectivity index (χ1) is 14.8. The first-order valence-corrected chi connectivity index (χ1v) is 11.3. The van der Waals surface area contributed by atoms with E-state index in [0.717, 1.165) is 56.6 Å². The van der Waals surface area contributed by atoms with E-state index in [-0.39, 0.29) is 11.3 Å². The Labute approximate surface area is 179 Å². The highest BCUT2D eigenvalue weighted by Crippen LogP contribution is 2.35. The van der Waals surface area contributed by atoms with Gasteiger partial charge in [0.1, 0.15) is 0 Å². The number of hydrogen-bond donors (Lipinski definition) is 1. The summed E-state index contributed by atoms with van der Waals surface area (Å²) in [5.74, 6) is 0.189. The number of carbonyl (C=O) groups is 1. The fourth-order valence-electron chi connectivity index (χ4n) is 4.73. The van der Waals surface area contributed by atoms with Crippen LogP contribution in [0.5, 0.6) is 0 Å². The highest BCUT2D eigenvalue weighted by Gasteiger charge is 2.40. The summed E-state index contributed by atoms with van der Waals surface area (Å²) in [5, 5.41) is 3.26. The van der Waals surface area contributed by atoms with Crippen molar-refractivity contribution in [3.05, 3.63) is 54.4 Å². The Morgan fingerprint density at radius 1 is 1.07 bits per heavy atom. The van der Waals surface area contributed by atoms with E-state index in [0.29, 0.717) is 13.2 Å². The van der Waals surface area contributed by atoms with Crippen LogP contribution < -0.4 is 5.32 Å². The molecule has 5 heteroatoms. The second-order valence-corrected chi connectivity index (χ2v) is 8.67. The van der Waals surface area contributed by atoms with Crippen LogP contribution in [0.1, 0.15) is 37.7 Å². The lowest BCUT2D eigenvalue weighted by molar-refractivity contribution is -0.136. The highest BCUT2D eigenvalue weighted by atomic mass is 16.5. The molecule has 30 heavy (non-hydrogen) atoms. The third kappa shape index (κ3) is 5.27. The quantitative estimate of drug-likeness (QED) is 0.761. The van der Waals surface area contributed by atoms with Crippen LogP contribution in [-0.4, -0.2) is 55.2 Å². The number of likely N-dealkylation sites (tertiary alicyclic amines) is 1. The van der Waals surface area contributed by atoms with Crippen molar-refractivity contribution in [2.24, 2.45) is 5.41 Å². The van der Waals surface area contributed by atoms with Crippen molar-refractivity contribution in [3.63, 3.8) is 0 Å². The Hall–Kier alpha value is -2.24. The predicted octanol–water partition coefficient (Wildman–Crippen LogP) is 3.69. The molecule has 1 amide bonds. The van der Waals surface area contributed by atoms with Gasteiger partial charge in [0.05, 0.1) is 5.41 Å². The Bertz CT molecular complexity index is 812. The second-order valence-electron chi connectivity index (χ2n) is 8.67. The summed E-state index contributed by atoms with van der Waals surface area (Å²) in [4.78, 5) is 20.0. The summed E-state index contributed by atoms with van der Waals surface area (Å²) in [6, 6.07) is 12.6. The van der Waals surface area contributed by atoms with Crippen LogP contribution in [0.2, 0.25) is 0 Å². The van der Waals surface area contributed by atoms with E-state index >= 15 is 0 Å². The summed E-state index contributed by atoms with van der Waals surface area (Å²) in [6.07, 6.45) is 9.88. The van der Waals surface area contributed by atoms with Crippen LogP contribution in [0.3, 0.4) is 0 Å². The van der Waals surface area contributed by atoms with Crippen LogP contribution in [0, 0.1) is 5.41 Å². The number of nitrogens with one attached hydrogen (secondary N) is 1. The normalized spacial score (nSPS) is 19.3. The molecule has 0 spiro atoms. The molecular formula is C25H33N3O2. The second kappa shape index (κ2) is 10.2. The molecule has 1 aromatic heterocycles. The van der Waals surface area contributed by atoms with Gasteiger partial charge in [-0.05, 0) is 68.0 Å². The zero-order valence-corrected chi connectivity index (χ0v) is 17.8. The lowest BCUT2D eigenvalue weighted by atomic mass is 9.74. The van der Waals surface area contributed by atoms with E-state index in [1.54, 1.807) is 6.20 Å². The van der Waals surface area contributed by atoms with Gasteiger partial charge in [0.15, 0.2) is 0 Å². The van der Waals surface area contributed by atoms with E-state index < -0.39 is 0 Å². The maximum Gasteiger partial charge on any atom is 0.226 e. The zero-order valence-electron chi connectivity index (χ0n) is 17.8. The minimum Gasteiger partial charge on any atom is -0.381 e. The Morgan fingerprint density at radius 3 is 2.63 bits per heavy atom. The van der Waals surface area contributed by atoms with Gasteiger partial charge in [-0.2, -0.15) is 0 Å². The lowest BCUT2D eigenvalue weighted by Gasteiger charge is -2.36. The fourth-order valence-corrected chi connectivity index (χ4v) is 4.73. The largest absolute Gasteiger partial charge is 0.381 e. The number of pyridine rings is 1. The number of piperidine rings is 1. The molecule has 2 aromatic rings. The van der Waals surface area contributed by atoms with Gasteiger partial charge >= 0.3 is 0 Å². The number of ether oxygens (including phenoxy) is 1. The van der Waals surface area contributed by atoms with Crippen molar-refractivity contribution in [3.8, 4) is 11.1 Å². The number of aromatic nitrogens is 1. The Kier molecular flexibility index (Phi) is 7.13. The molecule has 0 unspecified atom stereocenters. The monoisotopic (exact) mass is 407 g/mol. The van der Waals surface area contributed by atoms with Gasteiger partial charge in [-0.1, -0.05) is 36.8 Å². The fraction of sp³-hybridized carbons (Fsp3) is 0.520. The van der Waals surface area contributed by atoms with E-state index in [9.17, 15) is 4.79 Å². The Morgan fingerprint density at radius 2 is 1.87 bits per heavy atom. The van der Waals surface area contributed by atoms with Gasteiger partial charge in [-0.25, -0.2) is 0 Å².